The van der Waals surface area contributed by atoms with E-state index in [2.05, 4.69) is 20.4 Å². The molecule has 1 N–H and O–H groups in total. The first-order chi connectivity index (χ1) is 13.0. The van der Waals surface area contributed by atoms with E-state index < -0.39 is 0 Å². The quantitative estimate of drug-likeness (QED) is 0.693. The van der Waals surface area contributed by atoms with E-state index in [0.29, 0.717) is 18.3 Å². The first-order valence-electron chi connectivity index (χ1n) is 8.78. The number of carbonyl (C=O) groups excluding carboxylic acids is 1. The zero-order chi connectivity index (χ0) is 19.2. The number of benzene rings is 1. The summed E-state index contributed by atoms with van der Waals surface area (Å²) >= 11 is 0. The number of aryl methyl sites for hydroxylation is 1. The maximum atomic E-state index is 12.3. The highest BCUT2D eigenvalue weighted by Gasteiger charge is 2.18. The molecule has 140 valence electrons. The van der Waals surface area contributed by atoms with Crippen LogP contribution < -0.4 is 5.32 Å². The van der Waals surface area contributed by atoms with Crippen molar-refractivity contribution in [1.29, 1.82) is 0 Å². The Balaban J connectivity index is 1.55. The van der Waals surface area contributed by atoms with Crippen LogP contribution in [0.2, 0.25) is 0 Å². The molecule has 7 heteroatoms. The number of carbonyl (C=O) groups is 1. The lowest BCUT2D eigenvalue weighted by Crippen LogP contribution is -2.36. The normalized spacial score (nSPS) is 12.1. The fraction of sp³-hybridized carbons (Fsp3) is 0.300. The third kappa shape index (κ3) is 5.21. The Bertz CT molecular complexity index is 894. The van der Waals surface area contributed by atoms with Crippen LogP contribution in [0.25, 0.3) is 11.4 Å². The fourth-order valence-electron chi connectivity index (χ4n) is 2.77. The molecule has 0 aliphatic rings. The van der Waals surface area contributed by atoms with Crippen LogP contribution in [0.3, 0.4) is 0 Å². The van der Waals surface area contributed by atoms with E-state index >= 15 is 0 Å². The number of hydrogen-bond donors (Lipinski definition) is 1. The predicted octanol–water partition coefficient (Wildman–Crippen LogP) is 2.75. The summed E-state index contributed by atoms with van der Waals surface area (Å²) < 4.78 is 5.32. The molecule has 0 saturated carbocycles. The lowest BCUT2D eigenvalue weighted by atomic mass is 10.1. The second kappa shape index (κ2) is 8.55. The van der Waals surface area contributed by atoms with Crippen molar-refractivity contribution >= 4 is 5.91 Å². The van der Waals surface area contributed by atoms with E-state index in [1.54, 1.807) is 12.4 Å². The SMILES string of the molecule is Cc1cccc(-c2noc(C(C)NC(=O)CN(C)Cc3cccnc3)n2)c1. The summed E-state index contributed by atoms with van der Waals surface area (Å²) in [7, 11) is 1.89. The molecule has 7 nitrogen and oxygen atoms in total. The van der Waals surface area contributed by atoms with Gasteiger partial charge < -0.3 is 9.84 Å². The molecule has 3 rings (SSSR count). The Morgan fingerprint density at radius 3 is 2.89 bits per heavy atom. The van der Waals surface area contributed by atoms with Gasteiger partial charge in [-0.2, -0.15) is 4.98 Å². The van der Waals surface area contributed by atoms with Gasteiger partial charge in [-0.05, 0) is 38.6 Å². The monoisotopic (exact) mass is 365 g/mol. The number of nitrogens with zero attached hydrogens (tertiary/aromatic N) is 4. The average molecular weight is 365 g/mol. The summed E-state index contributed by atoms with van der Waals surface area (Å²) in [5.74, 6) is 0.794. The summed E-state index contributed by atoms with van der Waals surface area (Å²) in [5, 5.41) is 6.91. The fourth-order valence-corrected chi connectivity index (χ4v) is 2.77. The van der Waals surface area contributed by atoms with Crippen molar-refractivity contribution in [2.45, 2.75) is 26.4 Å². The molecular formula is C20H23N5O2. The van der Waals surface area contributed by atoms with Gasteiger partial charge in [0.1, 0.15) is 6.04 Å². The van der Waals surface area contributed by atoms with Crippen molar-refractivity contribution in [3.63, 3.8) is 0 Å². The summed E-state index contributed by atoms with van der Waals surface area (Å²) in [6.07, 6.45) is 3.52. The zero-order valence-electron chi connectivity index (χ0n) is 15.7. The van der Waals surface area contributed by atoms with Crippen molar-refractivity contribution in [1.82, 2.24) is 25.3 Å². The molecule has 0 aliphatic carbocycles. The van der Waals surface area contributed by atoms with E-state index in [4.69, 9.17) is 4.52 Å². The third-order valence-corrected chi connectivity index (χ3v) is 4.05. The van der Waals surface area contributed by atoms with Gasteiger partial charge in [-0.3, -0.25) is 14.7 Å². The number of pyridine rings is 1. The number of rotatable bonds is 7. The smallest absolute Gasteiger partial charge is 0.249 e. The highest BCUT2D eigenvalue weighted by molar-refractivity contribution is 5.78. The van der Waals surface area contributed by atoms with Crippen molar-refractivity contribution in [3.8, 4) is 11.4 Å². The van der Waals surface area contributed by atoms with Gasteiger partial charge in [0, 0.05) is 24.5 Å². The molecular weight excluding hydrogens is 342 g/mol. The van der Waals surface area contributed by atoms with Gasteiger partial charge in [-0.25, -0.2) is 0 Å². The molecule has 0 radical (unpaired) electrons. The van der Waals surface area contributed by atoms with E-state index in [-0.39, 0.29) is 18.5 Å². The Kier molecular flexibility index (Phi) is 5.93. The largest absolute Gasteiger partial charge is 0.343 e. The second-order valence-corrected chi connectivity index (χ2v) is 6.65. The Labute approximate surface area is 158 Å². The molecule has 2 aromatic heterocycles. The van der Waals surface area contributed by atoms with Crippen molar-refractivity contribution in [2.75, 3.05) is 13.6 Å². The second-order valence-electron chi connectivity index (χ2n) is 6.65. The molecule has 27 heavy (non-hydrogen) atoms. The molecule has 1 aromatic carbocycles. The maximum absolute atomic E-state index is 12.3. The molecule has 0 saturated heterocycles. The molecule has 3 aromatic rings. The summed E-state index contributed by atoms with van der Waals surface area (Å²) in [6.45, 7) is 4.74. The van der Waals surface area contributed by atoms with E-state index in [1.807, 2.05) is 62.2 Å². The number of nitrogens with one attached hydrogen (secondary N) is 1. The first kappa shape index (κ1) is 18.7. The zero-order valence-corrected chi connectivity index (χ0v) is 15.7. The summed E-state index contributed by atoms with van der Waals surface area (Å²) in [4.78, 5) is 22.7. The minimum Gasteiger partial charge on any atom is -0.343 e. The van der Waals surface area contributed by atoms with Crippen molar-refractivity contribution < 1.29 is 9.32 Å². The van der Waals surface area contributed by atoms with Gasteiger partial charge in [-0.15, -0.1) is 0 Å². The van der Waals surface area contributed by atoms with Crippen LogP contribution in [0.5, 0.6) is 0 Å². The van der Waals surface area contributed by atoms with Gasteiger partial charge in [-0.1, -0.05) is 35.0 Å². The topological polar surface area (TPSA) is 84.2 Å². The molecule has 0 bridgehead atoms. The average Bonchev–Trinajstić information content (AvgIpc) is 3.12. The highest BCUT2D eigenvalue weighted by Crippen LogP contribution is 2.19. The standard InChI is InChI=1S/C20H23N5O2/c1-14-6-4-8-17(10-14)19-23-20(27-24-19)15(2)22-18(26)13-25(3)12-16-7-5-9-21-11-16/h4-11,15H,12-13H2,1-3H3,(H,22,26). The van der Waals surface area contributed by atoms with Gasteiger partial charge in [0.15, 0.2) is 0 Å². The third-order valence-electron chi connectivity index (χ3n) is 4.05. The van der Waals surface area contributed by atoms with Gasteiger partial charge in [0.05, 0.1) is 6.54 Å². The number of likely N-dealkylation sites (N-methyl/N-ethyl adjacent to an activating group) is 1. The number of hydrogen-bond acceptors (Lipinski definition) is 6. The lowest BCUT2D eigenvalue weighted by molar-refractivity contribution is -0.122. The minimum atomic E-state index is -0.365. The van der Waals surface area contributed by atoms with Gasteiger partial charge in [0.2, 0.25) is 17.6 Å². The predicted molar refractivity (Wildman–Crippen MR) is 102 cm³/mol. The Morgan fingerprint density at radius 1 is 1.30 bits per heavy atom. The molecule has 0 spiro atoms. The Morgan fingerprint density at radius 2 is 2.15 bits per heavy atom. The van der Waals surface area contributed by atoms with Crippen LogP contribution in [-0.4, -0.2) is 39.5 Å². The molecule has 1 amide bonds. The van der Waals surface area contributed by atoms with Crippen molar-refractivity contribution in [3.05, 3.63) is 65.8 Å². The van der Waals surface area contributed by atoms with Gasteiger partial charge in [0.25, 0.3) is 0 Å². The Hall–Kier alpha value is -3.06. The molecule has 0 aliphatic heterocycles. The van der Waals surface area contributed by atoms with E-state index in [0.717, 1.165) is 16.7 Å². The lowest BCUT2D eigenvalue weighted by Gasteiger charge is -2.17. The van der Waals surface area contributed by atoms with E-state index in [9.17, 15) is 4.79 Å². The van der Waals surface area contributed by atoms with E-state index in [1.165, 1.54) is 0 Å². The molecule has 1 unspecified atom stereocenters. The van der Waals surface area contributed by atoms with Crippen LogP contribution in [0.4, 0.5) is 0 Å². The molecule has 2 heterocycles. The highest BCUT2D eigenvalue weighted by atomic mass is 16.5. The minimum absolute atomic E-state index is 0.107. The van der Waals surface area contributed by atoms with Crippen molar-refractivity contribution in [2.24, 2.45) is 0 Å². The molecule has 0 fully saturated rings. The van der Waals surface area contributed by atoms with Crippen LogP contribution in [0, 0.1) is 6.92 Å². The first-order valence-corrected chi connectivity index (χ1v) is 8.78. The van der Waals surface area contributed by atoms with Crippen LogP contribution in [-0.2, 0) is 11.3 Å². The summed E-state index contributed by atoms with van der Waals surface area (Å²) in [6, 6.07) is 11.4. The van der Waals surface area contributed by atoms with Crippen LogP contribution >= 0.6 is 0 Å². The maximum Gasteiger partial charge on any atom is 0.249 e. The van der Waals surface area contributed by atoms with Gasteiger partial charge >= 0.3 is 0 Å². The molecule has 1 atom stereocenters. The summed E-state index contributed by atoms with van der Waals surface area (Å²) in [5.41, 5.74) is 3.07. The number of aromatic nitrogens is 3. The van der Waals surface area contributed by atoms with Crippen LogP contribution in [0.1, 0.15) is 30.0 Å². The van der Waals surface area contributed by atoms with Crippen LogP contribution in [0.15, 0.2) is 53.3 Å². The number of amides is 1.